The molecule has 0 atom stereocenters. The zero-order valence-corrected chi connectivity index (χ0v) is 12.5. The number of aryl methyl sites for hydroxylation is 2. The normalized spacial score (nSPS) is 11.1. The second-order valence-electron chi connectivity index (χ2n) is 5.68. The maximum Gasteiger partial charge on any atom is 0.0486 e. The molecule has 3 rings (SSSR count). The van der Waals surface area contributed by atoms with Crippen molar-refractivity contribution in [1.29, 1.82) is 0 Å². The molecule has 0 saturated heterocycles. The molecule has 0 amide bonds. The first-order chi connectivity index (χ1) is 10.3. The van der Waals surface area contributed by atoms with Crippen molar-refractivity contribution in [2.45, 2.75) is 26.3 Å². The number of para-hydroxylation sites is 1. The third-order valence-electron chi connectivity index (χ3n) is 3.99. The van der Waals surface area contributed by atoms with E-state index in [0.29, 0.717) is 0 Å². The fourth-order valence-electron chi connectivity index (χ4n) is 2.84. The molecule has 0 aliphatic carbocycles. The second kappa shape index (κ2) is 6.15. The van der Waals surface area contributed by atoms with E-state index in [1.54, 1.807) is 0 Å². The van der Waals surface area contributed by atoms with Gasteiger partial charge in [0, 0.05) is 23.6 Å². The van der Waals surface area contributed by atoms with Crippen LogP contribution in [0.4, 0.5) is 0 Å². The molecule has 2 aromatic carbocycles. The van der Waals surface area contributed by atoms with Crippen molar-refractivity contribution in [3.8, 4) is 0 Å². The minimum atomic E-state index is 0.747. The van der Waals surface area contributed by atoms with Crippen molar-refractivity contribution >= 4 is 10.9 Å². The number of fused-ring (bicyclic) bond motifs is 1. The molecule has 0 fully saturated rings. The van der Waals surface area contributed by atoms with Crippen molar-refractivity contribution < 1.29 is 0 Å². The first-order valence-corrected chi connectivity index (χ1v) is 7.60. The van der Waals surface area contributed by atoms with Gasteiger partial charge in [-0.2, -0.15) is 0 Å². The minimum absolute atomic E-state index is 0.747. The van der Waals surface area contributed by atoms with E-state index in [9.17, 15) is 0 Å². The highest BCUT2D eigenvalue weighted by Gasteiger charge is 2.08. The van der Waals surface area contributed by atoms with E-state index in [1.165, 1.54) is 27.6 Å². The van der Waals surface area contributed by atoms with Gasteiger partial charge in [0.2, 0.25) is 0 Å². The molecule has 2 N–H and O–H groups in total. The van der Waals surface area contributed by atoms with E-state index < -0.39 is 0 Å². The number of rotatable bonds is 5. The molecule has 0 saturated carbocycles. The van der Waals surface area contributed by atoms with Crippen LogP contribution in [-0.4, -0.2) is 11.1 Å². The highest BCUT2D eigenvalue weighted by Crippen LogP contribution is 2.23. The van der Waals surface area contributed by atoms with Gasteiger partial charge in [-0.05, 0) is 43.5 Å². The standard InChI is InChI=1S/C19H22N2/c1-15-8-10-16(11-9-15)13-21-14-17(5-4-12-20)18-6-2-3-7-19(18)21/h2-3,6-11,14H,4-5,12-13,20H2,1H3. The van der Waals surface area contributed by atoms with Crippen LogP contribution in [0.2, 0.25) is 0 Å². The zero-order valence-electron chi connectivity index (χ0n) is 12.5. The lowest BCUT2D eigenvalue weighted by Gasteiger charge is -2.06. The van der Waals surface area contributed by atoms with Crippen LogP contribution in [0.25, 0.3) is 10.9 Å². The molecule has 0 aliphatic heterocycles. The van der Waals surface area contributed by atoms with Gasteiger partial charge < -0.3 is 10.3 Å². The smallest absolute Gasteiger partial charge is 0.0486 e. The summed E-state index contributed by atoms with van der Waals surface area (Å²) in [6.07, 6.45) is 4.39. The highest BCUT2D eigenvalue weighted by atomic mass is 15.0. The Balaban J connectivity index is 1.96. The second-order valence-corrected chi connectivity index (χ2v) is 5.68. The lowest BCUT2D eigenvalue weighted by atomic mass is 10.1. The maximum atomic E-state index is 5.66. The number of aromatic nitrogens is 1. The van der Waals surface area contributed by atoms with E-state index in [-0.39, 0.29) is 0 Å². The summed E-state index contributed by atoms with van der Waals surface area (Å²) in [5.41, 5.74) is 11.0. The van der Waals surface area contributed by atoms with Crippen LogP contribution < -0.4 is 5.73 Å². The van der Waals surface area contributed by atoms with Gasteiger partial charge in [-0.1, -0.05) is 48.0 Å². The van der Waals surface area contributed by atoms with E-state index in [1.807, 2.05) is 0 Å². The fraction of sp³-hybridized carbons (Fsp3) is 0.263. The Hall–Kier alpha value is -2.06. The predicted molar refractivity (Wildman–Crippen MR) is 89.6 cm³/mol. The van der Waals surface area contributed by atoms with Gasteiger partial charge in [0.15, 0.2) is 0 Å². The molecule has 108 valence electrons. The van der Waals surface area contributed by atoms with Gasteiger partial charge in [-0.25, -0.2) is 0 Å². The van der Waals surface area contributed by atoms with Gasteiger partial charge in [0.1, 0.15) is 0 Å². The predicted octanol–water partition coefficient (Wildman–Crippen LogP) is 3.89. The van der Waals surface area contributed by atoms with E-state index in [4.69, 9.17) is 5.73 Å². The highest BCUT2D eigenvalue weighted by molar-refractivity contribution is 5.84. The summed E-state index contributed by atoms with van der Waals surface area (Å²) in [6.45, 7) is 3.79. The summed E-state index contributed by atoms with van der Waals surface area (Å²) in [5.74, 6) is 0. The molecule has 0 radical (unpaired) electrons. The third kappa shape index (κ3) is 3.01. The van der Waals surface area contributed by atoms with E-state index >= 15 is 0 Å². The van der Waals surface area contributed by atoms with Gasteiger partial charge in [0.05, 0.1) is 0 Å². The Morgan fingerprint density at radius 3 is 2.52 bits per heavy atom. The Morgan fingerprint density at radius 2 is 1.76 bits per heavy atom. The first-order valence-electron chi connectivity index (χ1n) is 7.60. The fourth-order valence-corrected chi connectivity index (χ4v) is 2.84. The lowest BCUT2D eigenvalue weighted by molar-refractivity contribution is 0.806. The quantitative estimate of drug-likeness (QED) is 0.754. The van der Waals surface area contributed by atoms with Crippen molar-refractivity contribution in [3.63, 3.8) is 0 Å². The zero-order chi connectivity index (χ0) is 14.7. The summed E-state index contributed by atoms with van der Waals surface area (Å²) in [4.78, 5) is 0. The van der Waals surface area contributed by atoms with Crippen LogP contribution in [0, 0.1) is 6.92 Å². The van der Waals surface area contributed by atoms with Crippen molar-refractivity contribution in [3.05, 3.63) is 71.4 Å². The molecule has 0 unspecified atom stereocenters. The molecule has 2 nitrogen and oxygen atoms in total. The number of hydrogen-bond acceptors (Lipinski definition) is 1. The van der Waals surface area contributed by atoms with Crippen molar-refractivity contribution in [2.75, 3.05) is 6.54 Å². The average Bonchev–Trinajstić information content (AvgIpc) is 2.86. The summed E-state index contributed by atoms with van der Waals surface area (Å²) in [5, 5.41) is 1.36. The van der Waals surface area contributed by atoms with E-state index in [0.717, 1.165) is 25.9 Å². The maximum absolute atomic E-state index is 5.66. The van der Waals surface area contributed by atoms with Crippen molar-refractivity contribution in [1.82, 2.24) is 4.57 Å². The Labute approximate surface area is 126 Å². The summed E-state index contributed by atoms with van der Waals surface area (Å²) < 4.78 is 2.35. The summed E-state index contributed by atoms with van der Waals surface area (Å²) >= 11 is 0. The molecule has 2 heteroatoms. The monoisotopic (exact) mass is 278 g/mol. The largest absolute Gasteiger partial charge is 0.343 e. The lowest BCUT2D eigenvalue weighted by Crippen LogP contribution is -2.00. The average molecular weight is 278 g/mol. The van der Waals surface area contributed by atoms with Crippen LogP contribution in [0.3, 0.4) is 0 Å². The molecule has 0 spiro atoms. The number of hydrogen-bond donors (Lipinski definition) is 1. The van der Waals surface area contributed by atoms with Crippen LogP contribution in [0.1, 0.15) is 23.1 Å². The molecule has 21 heavy (non-hydrogen) atoms. The molecule has 0 bridgehead atoms. The van der Waals surface area contributed by atoms with Crippen LogP contribution in [0.15, 0.2) is 54.7 Å². The number of nitrogens with zero attached hydrogens (tertiary/aromatic N) is 1. The van der Waals surface area contributed by atoms with Gasteiger partial charge >= 0.3 is 0 Å². The Bertz CT molecular complexity index is 723. The topological polar surface area (TPSA) is 30.9 Å². The van der Waals surface area contributed by atoms with Crippen LogP contribution in [-0.2, 0) is 13.0 Å². The SMILES string of the molecule is Cc1ccc(Cn2cc(CCCN)c3ccccc32)cc1. The molecule has 0 aliphatic rings. The van der Waals surface area contributed by atoms with Gasteiger partial charge in [-0.3, -0.25) is 0 Å². The Morgan fingerprint density at radius 1 is 1.00 bits per heavy atom. The van der Waals surface area contributed by atoms with Crippen LogP contribution in [0.5, 0.6) is 0 Å². The van der Waals surface area contributed by atoms with Gasteiger partial charge in [-0.15, -0.1) is 0 Å². The molecule has 1 heterocycles. The summed E-state index contributed by atoms with van der Waals surface area (Å²) in [7, 11) is 0. The molecule has 3 aromatic rings. The number of nitrogens with two attached hydrogens (primary N) is 1. The summed E-state index contributed by atoms with van der Waals surface area (Å²) in [6, 6.07) is 17.4. The number of benzene rings is 2. The molecule has 1 aromatic heterocycles. The molecular formula is C19H22N2. The molecular weight excluding hydrogens is 256 g/mol. The minimum Gasteiger partial charge on any atom is -0.343 e. The van der Waals surface area contributed by atoms with Crippen LogP contribution >= 0.6 is 0 Å². The third-order valence-corrected chi connectivity index (χ3v) is 3.99. The van der Waals surface area contributed by atoms with E-state index in [2.05, 4.69) is 66.2 Å². The van der Waals surface area contributed by atoms with Crippen molar-refractivity contribution in [2.24, 2.45) is 5.73 Å². The first kappa shape index (κ1) is 13.9. The Kier molecular flexibility index (Phi) is 4.07. The van der Waals surface area contributed by atoms with Gasteiger partial charge in [0.25, 0.3) is 0 Å².